The van der Waals surface area contributed by atoms with Gasteiger partial charge in [0.15, 0.2) is 0 Å². The number of methoxy groups -OCH3 is 2. The quantitative estimate of drug-likeness (QED) is 0.578. The fourth-order valence-electron chi connectivity index (χ4n) is 2.92. The van der Waals surface area contributed by atoms with Crippen LogP contribution in [0.25, 0.3) is 6.08 Å². The Hall–Kier alpha value is -3.15. The van der Waals surface area contributed by atoms with E-state index in [0.29, 0.717) is 11.1 Å². The van der Waals surface area contributed by atoms with Crippen LogP contribution in [0.1, 0.15) is 31.9 Å². The minimum Gasteiger partial charge on any atom is -0.489 e. The van der Waals surface area contributed by atoms with E-state index < -0.39 is 0 Å². The molecule has 0 bridgehead atoms. The number of hydrogen-bond acceptors (Lipinski definition) is 5. The lowest BCUT2D eigenvalue weighted by Gasteiger charge is -2.20. The van der Waals surface area contributed by atoms with Gasteiger partial charge in [0, 0.05) is 29.7 Å². The van der Waals surface area contributed by atoms with Crippen molar-refractivity contribution in [3.63, 3.8) is 0 Å². The summed E-state index contributed by atoms with van der Waals surface area (Å²) in [6, 6.07) is 7.51. The molecule has 28 heavy (non-hydrogen) atoms. The lowest BCUT2D eigenvalue weighted by atomic mass is 9.88. The highest BCUT2D eigenvalue weighted by Gasteiger charge is 2.34. The molecule has 0 saturated carbocycles. The Morgan fingerprint density at radius 1 is 1.11 bits per heavy atom. The minimum absolute atomic E-state index is 0.0632. The number of carbonyl (C=O) groups is 3. The van der Waals surface area contributed by atoms with Gasteiger partial charge in [0.2, 0.25) is 29.0 Å². The van der Waals surface area contributed by atoms with E-state index >= 15 is 0 Å². The molecule has 1 aromatic rings. The molecule has 0 fully saturated rings. The van der Waals surface area contributed by atoms with E-state index in [1.54, 1.807) is 13.0 Å². The minimum atomic E-state index is -0.353. The zero-order valence-corrected chi connectivity index (χ0v) is 16.8. The average molecular weight is 383 g/mol. The highest BCUT2D eigenvalue weighted by molar-refractivity contribution is 6.23. The number of ether oxygens (including phenoxy) is 2. The van der Waals surface area contributed by atoms with Crippen LogP contribution in [0.2, 0.25) is 0 Å². The molecule has 0 aromatic heterocycles. The average Bonchev–Trinajstić information content (AvgIpc) is 2.66. The van der Waals surface area contributed by atoms with E-state index in [1.807, 2.05) is 38.1 Å². The first-order valence-corrected chi connectivity index (χ1v) is 8.97. The molecule has 0 saturated heterocycles. The van der Waals surface area contributed by atoms with Crippen molar-refractivity contribution in [1.29, 1.82) is 0 Å². The first kappa shape index (κ1) is 21.2. The van der Waals surface area contributed by atoms with Gasteiger partial charge in [-0.05, 0) is 38.0 Å². The Balaban J connectivity index is 2.25. The number of benzene rings is 1. The van der Waals surface area contributed by atoms with Gasteiger partial charge in [0.25, 0.3) is 0 Å². The molecule has 1 aliphatic rings. The predicted octanol–water partition coefficient (Wildman–Crippen LogP) is 2.74. The number of hydrogen-bond donors (Lipinski definition) is 1. The van der Waals surface area contributed by atoms with Crippen LogP contribution in [0.4, 0.5) is 0 Å². The first-order valence-electron chi connectivity index (χ1n) is 8.97. The summed E-state index contributed by atoms with van der Waals surface area (Å²) >= 11 is 0. The summed E-state index contributed by atoms with van der Waals surface area (Å²) in [7, 11) is 2.68. The number of rotatable bonds is 7. The number of allylic oxidation sites excluding steroid dienone is 2. The summed E-state index contributed by atoms with van der Waals surface area (Å²) in [6.07, 6.45) is 3.45. The van der Waals surface area contributed by atoms with Crippen molar-refractivity contribution in [2.24, 2.45) is 0 Å². The van der Waals surface area contributed by atoms with Crippen molar-refractivity contribution in [3.8, 4) is 0 Å². The molecule has 0 unspecified atom stereocenters. The smallest absolute Gasteiger partial charge is 0.244 e. The Bertz CT molecular complexity index is 890. The van der Waals surface area contributed by atoms with Gasteiger partial charge < -0.3 is 14.8 Å². The number of Topliss-reactive ketones (excluding diaryl/α,β-unsaturated/α-hetero) is 2. The normalized spacial score (nSPS) is 14.9. The third-order valence-corrected chi connectivity index (χ3v) is 4.28. The maximum absolute atomic E-state index is 12.7. The zero-order chi connectivity index (χ0) is 20.8. The number of ketones is 2. The van der Waals surface area contributed by atoms with Crippen molar-refractivity contribution in [2.45, 2.75) is 33.2 Å². The lowest BCUT2D eigenvalue weighted by molar-refractivity contribution is -0.121. The molecule has 1 amide bonds. The maximum atomic E-state index is 12.7. The van der Waals surface area contributed by atoms with E-state index in [4.69, 9.17) is 9.47 Å². The van der Waals surface area contributed by atoms with Gasteiger partial charge in [-0.25, -0.2) is 0 Å². The van der Waals surface area contributed by atoms with Gasteiger partial charge in [-0.15, -0.1) is 0 Å². The van der Waals surface area contributed by atoms with Crippen molar-refractivity contribution in [3.05, 3.63) is 64.1 Å². The SMILES string of the molecule is COC1=C(OC)C(=O)C(Cc2cccc(/C=C/C(=O)NC(C)C)c2)=C(C)C1=O. The molecule has 6 heteroatoms. The van der Waals surface area contributed by atoms with E-state index in [9.17, 15) is 14.4 Å². The van der Waals surface area contributed by atoms with Crippen LogP contribution < -0.4 is 5.32 Å². The molecule has 6 nitrogen and oxygen atoms in total. The zero-order valence-electron chi connectivity index (χ0n) is 16.8. The molecule has 0 spiro atoms. The summed E-state index contributed by atoms with van der Waals surface area (Å²) in [6.45, 7) is 5.40. The van der Waals surface area contributed by atoms with Gasteiger partial charge in [-0.3, -0.25) is 14.4 Å². The van der Waals surface area contributed by atoms with Crippen LogP contribution in [0.3, 0.4) is 0 Å². The molecule has 1 N–H and O–H groups in total. The van der Waals surface area contributed by atoms with Gasteiger partial charge in [-0.1, -0.05) is 24.3 Å². The third-order valence-electron chi connectivity index (χ3n) is 4.28. The number of nitrogens with one attached hydrogen (secondary N) is 1. The van der Waals surface area contributed by atoms with Crippen LogP contribution in [-0.4, -0.2) is 37.7 Å². The fraction of sp³-hybridized carbons (Fsp3) is 0.318. The van der Waals surface area contributed by atoms with Crippen LogP contribution in [-0.2, 0) is 30.3 Å². The molecule has 1 aromatic carbocycles. The summed E-state index contributed by atoms with van der Waals surface area (Å²) in [5, 5.41) is 2.78. The summed E-state index contributed by atoms with van der Waals surface area (Å²) in [4.78, 5) is 37.0. The monoisotopic (exact) mass is 383 g/mol. The Morgan fingerprint density at radius 2 is 1.75 bits per heavy atom. The van der Waals surface area contributed by atoms with Crippen LogP contribution in [0, 0.1) is 0 Å². The van der Waals surface area contributed by atoms with Crippen molar-refractivity contribution in [2.75, 3.05) is 14.2 Å². The van der Waals surface area contributed by atoms with Crippen LogP contribution in [0.5, 0.6) is 0 Å². The first-order chi connectivity index (χ1) is 13.3. The third kappa shape index (κ3) is 4.76. The summed E-state index contributed by atoms with van der Waals surface area (Å²) in [5.41, 5.74) is 2.39. The highest BCUT2D eigenvalue weighted by Crippen LogP contribution is 2.28. The Morgan fingerprint density at radius 3 is 2.36 bits per heavy atom. The topological polar surface area (TPSA) is 81.7 Å². The van der Waals surface area contributed by atoms with Gasteiger partial charge in [-0.2, -0.15) is 0 Å². The van der Waals surface area contributed by atoms with Crippen LogP contribution in [0.15, 0.2) is 53.0 Å². The van der Waals surface area contributed by atoms with Crippen molar-refractivity contribution < 1.29 is 23.9 Å². The van der Waals surface area contributed by atoms with E-state index in [1.165, 1.54) is 20.3 Å². The van der Waals surface area contributed by atoms with Crippen molar-refractivity contribution in [1.82, 2.24) is 5.32 Å². The molecule has 2 rings (SSSR count). The predicted molar refractivity (Wildman–Crippen MR) is 106 cm³/mol. The lowest BCUT2D eigenvalue weighted by Crippen LogP contribution is -2.28. The standard InChI is InChI=1S/C22H25NO5/c1-13(2)23-18(24)10-9-15-7-6-8-16(11-15)12-17-14(3)19(25)21(27-4)22(28-5)20(17)26/h6-11,13H,12H2,1-5H3,(H,23,24)/b10-9+. The second kappa shape index (κ2) is 9.17. The van der Waals surface area contributed by atoms with Crippen LogP contribution >= 0.6 is 0 Å². The largest absolute Gasteiger partial charge is 0.489 e. The van der Waals surface area contributed by atoms with Gasteiger partial charge in [0.1, 0.15) is 0 Å². The second-order valence-electron chi connectivity index (χ2n) is 6.75. The summed E-state index contributed by atoms with van der Waals surface area (Å²) < 4.78 is 10.2. The highest BCUT2D eigenvalue weighted by atomic mass is 16.5. The molecular formula is C22H25NO5. The second-order valence-corrected chi connectivity index (χ2v) is 6.75. The molecule has 0 aliphatic heterocycles. The molecule has 0 radical (unpaired) electrons. The van der Waals surface area contributed by atoms with E-state index in [-0.39, 0.29) is 41.5 Å². The van der Waals surface area contributed by atoms with E-state index in [2.05, 4.69) is 5.32 Å². The summed E-state index contributed by atoms with van der Waals surface area (Å²) in [5.74, 6) is -1.02. The number of amides is 1. The molecule has 148 valence electrons. The molecule has 1 aliphatic carbocycles. The Labute approximate surface area is 164 Å². The number of carbonyl (C=O) groups excluding carboxylic acids is 3. The fourth-order valence-corrected chi connectivity index (χ4v) is 2.92. The molecule has 0 atom stereocenters. The molecule has 0 heterocycles. The van der Waals surface area contributed by atoms with Gasteiger partial charge >= 0.3 is 0 Å². The van der Waals surface area contributed by atoms with E-state index in [0.717, 1.165) is 11.1 Å². The molecular weight excluding hydrogens is 358 g/mol. The Kier molecular flexibility index (Phi) is 6.93. The van der Waals surface area contributed by atoms with Crippen molar-refractivity contribution >= 4 is 23.5 Å². The maximum Gasteiger partial charge on any atom is 0.244 e. The van der Waals surface area contributed by atoms with Gasteiger partial charge in [0.05, 0.1) is 14.2 Å².